The molecule has 0 aliphatic rings. The van der Waals surface area contributed by atoms with Gasteiger partial charge >= 0.3 is 12.4 Å². The number of nitriles is 3. The molecule has 0 saturated carbocycles. The minimum absolute atomic E-state index is 0.0228. The van der Waals surface area contributed by atoms with E-state index in [0.29, 0.717) is 39.7 Å². The third-order valence-electron chi connectivity index (χ3n) is 12.9. The van der Waals surface area contributed by atoms with Crippen LogP contribution < -0.4 is 0 Å². The average molecular weight is 924 g/mol. The van der Waals surface area contributed by atoms with Crippen LogP contribution in [0.1, 0.15) is 27.8 Å². The Balaban J connectivity index is 1.23. The number of rotatable bonds is 6. The van der Waals surface area contributed by atoms with Crippen molar-refractivity contribution in [2.24, 2.45) is 0 Å². The van der Waals surface area contributed by atoms with Gasteiger partial charge in [-0.3, -0.25) is 0 Å². The highest BCUT2D eigenvalue weighted by atomic mass is 19.4. The highest BCUT2D eigenvalue weighted by Crippen LogP contribution is 2.47. The van der Waals surface area contributed by atoms with Crippen LogP contribution in [0.5, 0.6) is 0 Å². The Labute approximate surface area is 395 Å². The maximum Gasteiger partial charge on any atom is 0.417 e. The fourth-order valence-electron chi connectivity index (χ4n) is 9.77. The lowest BCUT2D eigenvalue weighted by Crippen LogP contribution is -2.12. The number of hydrogen-bond donors (Lipinski definition) is 0. The summed E-state index contributed by atoms with van der Waals surface area (Å²) in [4.78, 5) is 0. The number of hydrogen-bond acceptors (Lipinski definition) is 3. The summed E-state index contributed by atoms with van der Waals surface area (Å²) in [5.74, 6) is 0. The monoisotopic (exact) mass is 923 g/mol. The molecule has 11 rings (SSSR count). The fraction of sp³-hybridized carbons (Fsp3) is 0.0339. The molecule has 0 saturated heterocycles. The summed E-state index contributed by atoms with van der Waals surface area (Å²) in [6, 6.07) is 60.0. The van der Waals surface area contributed by atoms with Gasteiger partial charge in [0.25, 0.3) is 0 Å². The molecule has 9 aromatic carbocycles. The van der Waals surface area contributed by atoms with E-state index < -0.39 is 29.0 Å². The second-order valence-electron chi connectivity index (χ2n) is 16.9. The Morgan fingerprint density at radius 1 is 0.357 bits per heavy atom. The SMILES string of the molecule is N#Cc1cccc(-c2ccc3c(c2)c2ccccc2n3-c2ccc(-c3ccc(C(F)(F)F)cc3C(F)(F)F)cc2-c2c(C#N)cccc2-n2c3ccccc3c3cc(-c4cccc(C#N)c4)ccc32)c1. The number of benzene rings is 9. The van der Waals surface area contributed by atoms with Crippen molar-refractivity contribution in [1.82, 2.24) is 9.13 Å². The molecule has 334 valence electrons. The Hall–Kier alpha value is -9.37. The van der Waals surface area contributed by atoms with Crippen molar-refractivity contribution in [3.8, 4) is 74.1 Å². The normalized spacial score (nSPS) is 11.8. The fourth-order valence-corrected chi connectivity index (χ4v) is 9.77. The van der Waals surface area contributed by atoms with E-state index in [1.54, 1.807) is 36.4 Å². The van der Waals surface area contributed by atoms with Gasteiger partial charge < -0.3 is 9.13 Å². The molecule has 11 heteroatoms. The summed E-state index contributed by atoms with van der Waals surface area (Å²) < 4.78 is 90.9. The highest BCUT2D eigenvalue weighted by molar-refractivity contribution is 6.13. The van der Waals surface area contributed by atoms with Crippen LogP contribution in [0.2, 0.25) is 0 Å². The largest absolute Gasteiger partial charge is 0.417 e. The number of fused-ring (bicyclic) bond motifs is 6. The summed E-state index contributed by atoms with van der Waals surface area (Å²) in [6.07, 6.45) is -10.2. The van der Waals surface area contributed by atoms with Gasteiger partial charge in [-0.15, -0.1) is 0 Å². The molecule has 70 heavy (non-hydrogen) atoms. The van der Waals surface area contributed by atoms with Crippen molar-refractivity contribution in [1.29, 1.82) is 15.8 Å². The molecule has 2 heterocycles. The number of halogens is 6. The highest BCUT2D eigenvalue weighted by Gasteiger charge is 2.39. The molecule has 0 spiro atoms. The van der Waals surface area contributed by atoms with Crippen LogP contribution in [0.15, 0.2) is 188 Å². The van der Waals surface area contributed by atoms with E-state index >= 15 is 0 Å². The zero-order valence-corrected chi connectivity index (χ0v) is 36.4. The molecule has 0 bridgehead atoms. The topological polar surface area (TPSA) is 81.2 Å². The van der Waals surface area contributed by atoms with E-state index in [1.165, 1.54) is 12.1 Å². The Morgan fingerprint density at radius 3 is 1.41 bits per heavy atom. The molecule has 2 aromatic heterocycles. The molecule has 0 aliphatic carbocycles. The van der Waals surface area contributed by atoms with Crippen LogP contribution in [0.25, 0.3) is 99.5 Å². The predicted octanol–water partition coefficient (Wildman–Crippen LogP) is 16.2. The molecular weight excluding hydrogens is 893 g/mol. The summed E-state index contributed by atoms with van der Waals surface area (Å²) in [5.41, 5.74) is 5.84. The van der Waals surface area contributed by atoms with E-state index in [0.717, 1.165) is 71.9 Å². The lowest BCUT2D eigenvalue weighted by atomic mass is 9.90. The molecule has 0 atom stereocenters. The second-order valence-corrected chi connectivity index (χ2v) is 16.9. The van der Waals surface area contributed by atoms with Gasteiger partial charge in [0.1, 0.15) is 0 Å². The minimum atomic E-state index is -5.17. The van der Waals surface area contributed by atoms with E-state index in [9.17, 15) is 42.1 Å². The third kappa shape index (κ3) is 7.18. The van der Waals surface area contributed by atoms with Crippen molar-refractivity contribution in [2.75, 3.05) is 0 Å². The zero-order chi connectivity index (χ0) is 48.5. The Morgan fingerprint density at radius 2 is 0.871 bits per heavy atom. The number of para-hydroxylation sites is 2. The lowest BCUT2D eigenvalue weighted by molar-refractivity contribution is -0.142. The summed E-state index contributed by atoms with van der Waals surface area (Å²) >= 11 is 0. The predicted molar refractivity (Wildman–Crippen MR) is 261 cm³/mol. The smallest absolute Gasteiger partial charge is 0.309 e. The molecule has 0 N–H and O–H groups in total. The third-order valence-corrected chi connectivity index (χ3v) is 12.9. The van der Waals surface area contributed by atoms with Crippen molar-refractivity contribution < 1.29 is 26.3 Å². The van der Waals surface area contributed by atoms with E-state index in [2.05, 4.69) is 18.2 Å². The van der Waals surface area contributed by atoms with Gasteiger partial charge in [-0.1, -0.05) is 91.0 Å². The standard InChI is InChI=1S/C59H31F6N5/c60-58(61,62)43-21-22-44(50(31-43)59(63,64)65)41-20-25-55(69-51-15-3-1-13-45(51)47-28-39(18-23-53(47)69)37-10-5-8-35(26-37)32-66)49(30-41)57-42(34-68)12-7-17-56(57)70-52-16-4-2-14-46(52)48-29-40(19-24-54(48)70)38-11-6-9-36(27-38)33-67/h1-31H. The molecule has 0 fully saturated rings. The van der Waals surface area contributed by atoms with Crippen LogP contribution >= 0.6 is 0 Å². The van der Waals surface area contributed by atoms with Gasteiger partial charge in [-0.2, -0.15) is 42.1 Å². The van der Waals surface area contributed by atoms with Crippen molar-refractivity contribution in [3.63, 3.8) is 0 Å². The van der Waals surface area contributed by atoms with Crippen LogP contribution in [0.3, 0.4) is 0 Å². The minimum Gasteiger partial charge on any atom is -0.309 e. The first kappa shape index (κ1) is 43.2. The maximum atomic E-state index is 15.0. The summed E-state index contributed by atoms with van der Waals surface area (Å²) in [5, 5.41) is 33.8. The van der Waals surface area contributed by atoms with Gasteiger partial charge in [0.05, 0.1) is 79.5 Å². The first-order valence-corrected chi connectivity index (χ1v) is 21.9. The van der Waals surface area contributed by atoms with Crippen molar-refractivity contribution in [2.45, 2.75) is 12.4 Å². The van der Waals surface area contributed by atoms with E-state index in [4.69, 9.17) is 0 Å². The summed E-state index contributed by atoms with van der Waals surface area (Å²) in [7, 11) is 0. The Bertz CT molecular complexity index is 4100. The van der Waals surface area contributed by atoms with Crippen LogP contribution in [0.4, 0.5) is 26.3 Å². The van der Waals surface area contributed by atoms with Gasteiger partial charge in [0.2, 0.25) is 0 Å². The van der Waals surface area contributed by atoms with Gasteiger partial charge in [0, 0.05) is 32.7 Å². The first-order valence-electron chi connectivity index (χ1n) is 21.9. The zero-order valence-electron chi connectivity index (χ0n) is 36.4. The van der Waals surface area contributed by atoms with Crippen molar-refractivity contribution >= 4 is 43.6 Å². The lowest BCUT2D eigenvalue weighted by Gasteiger charge is -2.22. The molecule has 11 aromatic rings. The van der Waals surface area contributed by atoms with Crippen LogP contribution in [0, 0.1) is 34.0 Å². The van der Waals surface area contributed by atoms with Crippen molar-refractivity contribution in [3.05, 3.63) is 216 Å². The van der Waals surface area contributed by atoms with E-state index in [1.807, 2.05) is 130 Å². The quantitative estimate of drug-likeness (QED) is 0.156. The van der Waals surface area contributed by atoms with Crippen LogP contribution in [-0.2, 0) is 12.4 Å². The maximum absolute atomic E-state index is 15.0. The molecule has 0 radical (unpaired) electrons. The van der Waals surface area contributed by atoms with Gasteiger partial charge in [0.15, 0.2) is 0 Å². The molecule has 5 nitrogen and oxygen atoms in total. The molecular formula is C59H31F6N5. The summed E-state index contributed by atoms with van der Waals surface area (Å²) in [6.45, 7) is 0. The first-order chi connectivity index (χ1) is 33.8. The molecule has 0 amide bonds. The number of alkyl halides is 6. The van der Waals surface area contributed by atoms with Crippen LogP contribution in [-0.4, -0.2) is 9.13 Å². The van der Waals surface area contributed by atoms with E-state index in [-0.39, 0.29) is 17.2 Å². The van der Waals surface area contributed by atoms with Gasteiger partial charge in [-0.25, -0.2) is 0 Å². The van der Waals surface area contributed by atoms with Gasteiger partial charge in [-0.05, 0) is 130 Å². The molecule has 0 aliphatic heterocycles. The molecule has 0 unspecified atom stereocenters. The number of nitrogens with zero attached hydrogens (tertiary/aromatic N) is 5. The number of aromatic nitrogens is 2. The average Bonchev–Trinajstić information content (AvgIpc) is 3.89. The second kappa shape index (κ2) is 16.4. The Kier molecular flexibility index (Phi) is 10.2.